The quantitative estimate of drug-likeness (QED) is 0.214. The molecule has 0 radical (unpaired) electrons. The number of allylic oxidation sites excluding steroid dienone is 1. The number of carbonyl (C=O) groups excluding carboxylic acids is 1. The van der Waals surface area contributed by atoms with Crippen molar-refractivity contribution in [2.45, 2.75) is 0 Å². The molecule has 134 valence electrons. The highest BCUT2D eigenvalue weighted by atomic mass is 32.1. The fourth-order valence-corrected chi connectivity index (χ4v) is 5.13. The first-order chi connectivity index (χ1) is 13.3. The number of rotatable bonds is 6. The van der Waals surface area contributed by atoms with Crippen LogP contribution in [0.4, 0.5) is 0 Å². The Labute approximate surface area is 164 Å². The van der Waals surface area contributed by atoms with Gasteiger partial charge in [0.05, 0.1) is 35.1 Å². The lowest BCUT2D eigenvalue weighted by molar-refractivity contribution is -0.104. The summed E-state index contributed by atoms with van der Waals surface area (Å²) in [5.41, 5.74) is 4.07. The van der Waals surface area contributed by atoms with Crippen molar-refractivity contribution in [2.75, 3.05) is 7.05 Å². The smallest absolute Gasteiger partial charge is 0.144 e. The number of hydrogen-bond acceptors (Lipinski definition) is 5. The standard InChI is InChI=1S/C20H16N4OS2/c1-21-11-23-15(6-7-25)18-9-20-19(27-18)8-17(26-20)14-4-2-13(3-5-14)16-10-22-12-24-16/h2-12H,1H3,(H,21,23)(H,22,24)/b15-6-. The second kappa shape index (κ2) is 7.69. The number of H-pyrrole nitrogens is 1. The number of imidazole rings is 1. The van der Waals surface area contributed by atoms with Crippen molar-refractivity contribution in [2.24, 2.45) is 4.99 Å². The largest absolute Gasteiger partial charge is 0.345 e. The number of aliphatic imine (C=N–C) groups is 1. The third-order valence-electron chi connectivity index (χ3n) is 4.04. The van der Waals surface area contributed by atoms with E-state index in [1.165, 1.54) is 25.9 Å². The van der Waals surface area contributed by atoms with Gasteiger partial charge in [-0.1, -0.05) is 24.3 Å². The van der Waals surface area contributed by atoms with Crippen molar-refractivity contribution in [1.29, 1.82) is 0 Å². The third-order valence-corrected chi connectivity index (χ3v) is 6.41. The molecule has 0 atom stereocenters. The Morgan fingerprint density at radius 3 is 2.59 bits per heavy atom. The van der Waals surface area contributed by atoms with Crippen LogP contribution in [0.25, 0.3) is 36.8 Å². The first-order valence-corrected chi connectivity index (χ1v) is 9.87. The highest BCUT2D eigenvalue weighted by Crippen LogP contribution is 2.40. The molecule has 0 aliphatic carbocycles. The molecule has 5 nitrogen and oxygen atoms in total. The van der Waals surface area contributed by atoms with Crippen LogP contribution in [-0.2, 0) is 4.79 Å². The highest BCUT2D eigenvalue weighted by Gasteiger charge is 2.11. The molecule has 2 N–H and O–H groups in total. The summed E-state index contributed by atoms with van der Waals surface area (Å²) in [6, 6.07) is 12.8. The Morgan fingerprint density at radius 1 is 1.15 bits per heavy atom. The predicted octanol–water partition coefficient (Wildman–Crippen LogP) is 4.81. The Bertz CT molecular complexity index is 1090. The van der Waals surface area contributed by atoms with Gasteiger partial charge in [0, 0.05) is 27.4 Å². The molecular weight excluding hydrogens is 376 g/mol. The second-order valence-corrected chi connectivity index (χ2v) is 7.91. The van der Waals surface area contributed by atoms with Gasteiger partial charge in [0.25, 0.3) is 0 Å². The van der Waals surface area contributed by atoms with Gasteiger partial charge in [-0.2, -0.15) is 0 Å². The van der Waals surface area contributed by atoms with Gasteiger partial charge in [0.15, 0.2) is 0 Å². The van der Waals surface area contributed by atoms with Crippen LogP contribution >= 0.6 is 22.7 Å². The lowest BCUT2D eigenvalue weighted by Gasteiger charge is -2.02. The van der Waals surface area contributed by atoms with Gasteiger partial charge in [-0.05, 0) is 23.3 Å². The van der Waals surface area contributed by atoms with E-state index in [1.54, 1.807) is 42.4 Å². The third kappa shape index (κ3) is 3.60. The molecule has 7 heteroatoms. The number of aromatic amines is 1. The van der Waals surface area contributed by atoms with Gasteiger partial charge in [-0.3, -0.25) is 9.79 Å². The number of fused-ring (bicyclic) bond motifs is 1. The molecule has 0 aliphatic heterocycles. The monoisotopic (exact) mass is 392 g/mol. The van der Waals surface area contributed by atoms with Crippen molar-refractivity contribution in [3.63, 3.8) is 0 Å². The Hall–Kier alpha value is -3.03. The summed E-state index contributed by atoms with van der Waals surface area (Å²) in [4.78, 5) is 24.2. The Balaban J connectivity index is 1.62. The van der Waals surface area contributed by atoms with Crippen molar-refractivity contribution in [3.05, 3.63) is 59.9 Å². The minimum absolute atomic E-state index is 0.759. The fourth-order valence-electron chi connectivity index (χ4n) is 2.74. The molecule has 1 aromatic carbocycles. The number of aldehydes is 1. The lowest BCUT2D eigenvalue weighted by atomic mass is 10.1. The van der Waals surface area contributed by atoms with Gasteiger partial charge in [0.2, 0.25) is 0 Å². The zero-order valence-corrected chi connectivity index (χ0v) is 16.1. The van der Waals surface area contributed by atoms with Gasteiger partial charge < -0.3 is 10.3 Å². The summed E-state index contributed by atoms with van der Waals surface area (Å²) in [6.45, 7) is 0. The van der Waals surface area contributed by atoms with Gasteiger partial charge in [-0.25, -0.2) is 4.98 Å². The molecule has 3 aromatic heterocycles. The molecule has 27 heavy (non-hydrogen) atoms. The Kier molecular flexibility index (Phi) is 4.95. The maximum absolute atomic E-state index is 10.9. The topological polar surface area (TPSA) is 70.1 Å². The first-order valence-electron chi connectivity index (χ1n) is 8.24. The minimum atomic E-state index is 0.759. The number of hydrogen-bond donors (Lipinski definition) is 2. The van der Waals surface area contributed by atoms with E-state index < -0.39 is 0 Å². The summed E-state index contributed by atoms with van der Waals surface area (Å²) in [7, 11) is 1.68. The summed E-state index contributed by atoms with van der Waals surface area (Å²) in [5.74, 6) is 0. The van der Waals surface area contributed by atoms with E-state index >= 15 is 0 Å². The van der Waals surface area contributed by atoms with Crippen LogP contribution in [0.2, 0.25) is 0 Å². The van der Waals surface area contributed by atoms with Gasteiger partial charge in [0.1, 0.15) is 6.29 Å². The average Bonchev–Trinajstić information content (AvgIpc) is 3.41. The minimum Gasteiger partial charge on any atom is -0.345 e. The van der Waals surface area contributed by atoms with E-state index in [1.807, 2.05) is 6.20 Å². The predicted molar refractivity (Wildman–Crippen MR) is 114 cm³/mol. The van der Waals surface area contributed by atoms with Crippen LogP contribution in [-0.4, -0.2) is 29.6 Å². The van der Waals surface area contributed by atoms with Gasteiger partial charge in [-0.15, -0.1) is 22.7 Å². The van der Waals surface area contributed by atoms with Crippen LogP contribution in [0.15, 0.2) is 60.0 Å². The fraction of sp³-hybridized carbons (Fsp3) is 0.0500. The van der Waals surface area contributed by atoms with E-state index in [0.29, 0.717) is 0 Å². The molecule has 4 rings (SSSR count). The van der Waals surface area contributed by atoms with E-state index in [9.17, 15) is 4.79 Å². The maximum Gasteiger partial charge on any atom is 0.144 e. The Morgan fingerprint density at radius 2 is 1.93 bits per heavy atom. The normalized spacial score (nSPS) is 12.1. The molecule has 0 fully saturated rings. The molecule has 0 unspecified atom stereocenters. The summed E-state index contributed by atoms with van der Waals surface area (Å²) < 4.78 is 2.41. The van der Waals surface area contributed by atoms with Crippen LogP contribution in [0.3, 0.4) is 0 Å². The summed E-state index contributed by atoms with van der Waals surface area (Å²) >= 11 is 3.41. The zero-order chi connectivity index (χ0) is 18.6. The lowest BCUT2D eigenvalue weighted by Crippen LogP contribution is -2.08. The van der Waals surface area contributed by atoms with Crippen LogP contribution in [0.1, 0.15) is 4.88 Å². The number of thiophene rings is 2. The van der Waals surface area contributed by atoms with Gasteiger partial charge >= 0.3 is 0 Å². The molecule has 4 aromatic rings. The number of carbonyl (C=O) groups is 1. The molecule has 0 bridgehead atoms. The van der Waals surface area contributed by atoms with Crippen LogP contribution in [0, 0.1) is 0 Å². The van der Waals surface area contributed by atoms with E-state index in [2.05, 4.69) is 56.7 Å². The maximum atomic E-state index is 10.9. The molecule has 0 saturated heterocycles. The van der Waals surface area contributed by atoms with Crippen molar-refractivity contribution in [1.82, 2.24) is 15.3 Å². The van der Waals surface area contributed by atoms with E-state index in [0.717, 1.165) is 28.1 Å². The first kappa shape index (κ1) is 17.4. The summed E-state index contributed by atoms with van der Waals surface area (Å²) in [6.07, 6.45) is 7.39. The number of aromatic nitrogens is 2. The van der Waals surface area contributed by atoms with E-state index in [4.69, 9.17) is 0 Å². The number of nitrogens with zero attached hydrogens (tertiary/aromatic N) is 2. The highest BCUT2D eigenvalue weighted by molar-refractivity contribution is 7.30. The average molecular weight is 393 g/mol. The van der Waals surface area contributed by atoms with E-state index in [-0.39, 0.29) is 0 Å². The summed E-state index contributed by atoms with van der Waals surface area (Å²) in [5, 5.41) is 3.05. The number of benzene rings is 1. The van der Waals surface area contributed by atoms with Crippen molar-refractivity contribution in [3.8, 4) is 21.7 Å². The molecule has 0 spiro atoms. The SMILES string of the molecule is CN=CN/C(=C\C=O)c1cc2sc(-c3ccc(-c4cnc[nH]4)cc3)cc2s1. The van der Waals surface area contributed by atoms with Crippen LogP contribution < -0.4 is 5.32 Å². The van der Waals surface area contributed by atoms with Crippen molar-refractivity contribution >= 4 is 50.4 Å². The number of nitrogens with one attached hydrogen (secondary N) is 2. The van der Waals surface area contributed by atoms with Crippen molar-refractivity contribution < 1.29 is 4.79 Å². The molecular formula is C20H16N4OS2. The molecule has 0 saturated carbocycles. The van der Waals surface area contributed by atoms with Crippen LogP contribution in [0.5, 0.6) is 0 Å². The zero-order valence-electron chi connectivity index (χ0n) is 14.5. The molecule has 0 aliphatic rings. The molecule has 3 heterocycles. The molecule has 0 amide bonds. The second-order valence-electron chi connectivity index (χ2n) is 5.74.